The van der Waals surface area contributed by atoms with Crippen molar-refractivity contribution in [2.45, 2.75) is 0 Å². The Kier molecular flexibility index (Phi) is 4.47. The van der Waals surface area contributed by atoms with Crippen LogP contribution in [-0.2, 0) is 4.79 Å². The van der Waals surface area contributed by atoms with Crippen LogP contribution in [-0.4, -0.2) is 22.5 Å². The monoisotopic (exact) mass is 331 g/mol. The number of aromatic nitrogens is 1. The Morgan fingerprint density at radius 1 is 1.17 bits per heavy atom. The number of hydrogen-bond donors (Lipinski definition) is 1. The number of amides is 1. The number of aliphatic imine (C=N–C) groups is 1. The molecular weight excluding hydrogens is 320 g/mol. The van der Waals surface area contributed by atoms with Gasteiger partial charge in [0.15, 0.2) is 0 Å². The Morgan fingerprint density at radius 3 is 2.57 bits per heavy atom. The van der Waals surface area contributed by atoms with E-state index >= 15 is 0 Å². The molecule has 0 bridgehead atoms. The molecule has 1 aromatic heterocycles. The first-order valence-corrected chi connectivity index (χ1v) is 7.59. The number of rotatable bonds is 3. The topological polar surface area (TPSA) is 54.4 Å². The Hall–Kier alpha value is -2.54. The van der Waals surface area contributed by atoms with E-state index in [-0.39, 0.29) is 23.1 Å². The van der Waals surface area contributed by atoms with Gasteiger partial charge in [0.25, 0.3) is 5.91 Å². The van der Waals surface area contributed by atoms with E-state index in [0.717, 1.165) is 11.8 Å². The molecule has 2 heterocycles. The van der Waals surface area contributed by atoms with E-state index in [1.54, 1.807) is 23.7 Å². The minimum Gasteiger partial charge on any atom is -0.321 e. The lowest BCUT2D eigenvalue weighted by atomic mass is 10.2. The summed E-state index contributed by atoms with van der Waals surface area (Å²) in [6.45, 7) is 0.0577. The Labute approximate surface area is 135 Å². The van der Waals surface area contributed by atoms with Crippen molar-refractivity contribution in [2.75, 3.05) is 11.9 Å². The lowest BCUT2D eigenvalue weighted by molar-refractivity contribution is -0.112. The molecule has 7 heteroatoms. The number of thioether (sulfide) groups is 1. The summed E-state index contributed by atoms with van der Waals surface area (Å²) >= 11 is 1.02. The molecule has 0 aliphatic carbocycles. The van der Waals surface area contributed by atoms with Crippen LogP contribution in [0.4, 0.5) is 14.5 Å². The third kappa shape index (κ3) is 3.45. The first kappa shape index (κ1) is 15.4. The summed E-state index contributed by atoms with van der Waals surface area (Å²) in [5.74, 6) is -1.66. The molecule has 116 valence electrons. The van der Waals surface area contributed by atoms with Crippen LogP contribution in [0.3, 0.4) is 0 Å². The number of nitrogens with one attached hydrogen (secondary N) is 1. The van der Waals surface area contributed by atoms with Gasteiger partial charge in [0, 0.05) is 11.8 Å². The molecule has 1 aliphatic rings. The Morgan fingerprint density at radius 2 is 1.96 bits per heavy atom. The van der Waals surface area contributed by atoms with Gasteiger partial charge in [-0.05, 0) is 29.7 Å². The van der Waals surface area contributed by atoms with E-state index in [1.165, 1.54) is 24.4 Å². The van der Waals surface area contributed by atoms with E-state index in [0.29, 0.717) is 11.3 Å². The molecule has 3 rings (SSSR count). The second kappa shape index (κ2) is 6.70. The molecule has 1 aromatic carbocycles. The van der Waals surface area contributed by atoms with E-state index < -0.39 is 11.6 Å². The van der Waals surface area contributed by atoms with Crippen LogP contribution in [0.25, 0.3) is 0 Å². The highest BCUT2D eigenvalue weighted by Crippen LogP contribution is 2.26. The maximum absolute atomic E-state index is 13.7. The van der Waals surface area contributed by atoms with Crippen LogP contribution in [0, 0.1) is 11.6 Å². The van der Waals surface area contributed by atoms with Crippen LogP contribution in [0.1, 0.15) is 5.56 Å². The third-order valence-corrected chi connectivity index (χ3v) is 4.05. The van der Waals surface area contributed by atoms with Crippen LogP contribution in [0.5, 0.6) is 0 Å². The first-order valence-electron chi connectivity index (χ1n) is 6.71. The molecule has 0 spiro atoms. The minimum atomic E-state index is -0.673. The summed E-state index contributed by atoms with van der Waals surface area (Å²) in [6.07, 6.45) is 3.13. The summed E-state index contributed by atoms with van der Waals surface area (Å²) in [7, 11) is 0. The van der Waals surface area contributed by atoms with Gasteiger partial charge in [-0.3, -0.25) is 14.8 Å². The minimum absolute atomic E-state index is 0.0577. The number of carbonyl (C=O) groups is 1. The van der Waals surface area contributed by atoms with Crippen LogP contribution in [0.2, 0.25) is 0 Å². The number of pyridine rings is 1. The van der Waals surface area contributed by atoms with Gasteiger partial charge in [0.1, 0.15) is 16.7 Å². The molecular formula is C16H11F2N3OS. The summed E-state index contributed by atoms with van der Waals surface area (Å²) in [6, 6.07) is 7.07. The highest BCUT2D eigenvalue weighted by molar-refractivity contribution is 8.17. The molecule has 0 radical (unpaired) electrons. The fraction of sp³-hybridized carbons (Fsp3) is 0.0625. The largest absolute Gasteiger partial charge is 0.321 e. The number of halogens is 2. The van der Waals surface area contributed by atoms with Gasteiger partial charge < -0.3 is 5.32 Å². The number of carbonyl (C=O) groups excluding carboxylic acids is 1. The fourth-order valence-electron chi connectivity index (χ4n) is 1.97. The van der Waals surface area contributed by atoms with Gasteiger partial charge in [-0.15, -0.1) is 0 Å². The summed E-state index contributed by atoms with van der Waals surface area (Å²) < 4.78 is 27.5. The van der Waals surface area contributed by atoms with E-state index in [9.17, 15) is 13.6 Å². The maximum Gasteiger partial charge on any atom is 0.254 e. The number of benzene rings is 1. The van der Waals surface area contributed by atoms with Crippen molar-refractivity contribution >= 4 is 28.4 Å². The lowest BCUT2D eigenvalue weighted by Crippen LogP contribution is -2.19. The summed E-state index contributed by atoms with van der Waals surface area (Å²) in [5.41, 5.74) is 0.818. The molecule has 23 heavy (non-hydrogen) atoms. The standard InChI is InChI=1S/C16H11F2N3OS/c17-12-4-1-5-13(18)14(12)16-20-7-10(9-23-16)15(22)21-11-3-2-6-19-8-11/h1-6,8-9H,7H2,(H,21,22). The zero-order valence-corrected chi connectivity index (χ0v) is 12.6. The van der Waals surface area contributed by atoms with Crippen molar-refractivity contribution in [3.63, 3.8) is 0 Å². The van der Waals surface area contributed by atoms with Gasteiger partial charge >= 0.3 is 0 Å². The van der Waals surface area contributed by atoms with Crippen LogP contribution in [0.15, 0.2) is 58.7 Å². The highest BCUT2D eigenvalue weighted by atomic mass is 32.2. The van der Waals surface area contributed by atoms with Crippen molar-refractivity contribution in [1.29, 1.82) is 0 Å². The average molecular weight is 331 g/mol. The second-order valence-electron chi connectivity index (χ2n) is 4.67. The third-order valence-electron chi connectivity index (χ3n) is 3.09. The predicted molar refractivity (Wildman–Crippen MR) is 86.3 cm³/mol. The first-order chi connectivity index (χ1) is 11.1. The molecule has 0 saturated carbocycles. The second-order valence-corrected chi connectivity index (χ2v) is 5.53. The van der Waals surface area contributed by atoms with E-state index in [1.807, 2.05) is 0 Å². The van der Waals surface area contributed by atoms with Gasteiger partial charge in [-0.1, -0.05) is 17.8 Å². The van der Waals surface area contributed by atoms with Gasteiger partial charge in [0.05, 0.1) is 24.0 Å². The maximum atomic E-state index is 13.7. The fourth-order valence-corrected chi connectivity index (χ4v) is 2.86. The molecule has 1 N–H and O–H groups in total. The van der Waals surface area contributed by atoms with Crippen LogP contribution < -0.4 is 5.32 Å². The average Bonchev–Trinajstić information content (AvgIpc) is 2.56. The normalized spacial score (nSPS) is 14.0. The number of anilines is 1. The predicted octanol–water partition coefficient (Wildman–Crippen LogP) is 3.38. The smallest absolute Gasteiger partial charge is 0.254 e. The van der Waals surface area contributed by atoms with E-state index in [2.05, 4.69) is 15.3 Å². The van der Waals surface area contributed by atoms with Crippen molar-refractivity contribution in [3.8, 4) is 0 Å². The molecule has 0 atom stereocenters. The molecule has 1 amide bonds. The quantitative estimate of drug-likeness (QED) is 0.938. The number of nitrogens with zero attached hydrogens (tertiary/aromatic N) is 2. The molecule has 2 aromatic rings. The summed E-state index contributed by atoms with van der Waals surface area (Å²) in [5, 5.41) is 4.46. The molecule has 4 nitrogen and oxygen atoms in total. The van der Waals surface area contributed by atoms with Crippen molar-refractivity contribution in [3.05, 3.63) is 70.9 Å². The van der Waals surface area contributed by atoms with Crippen molar-refractivity contribution in [2.24, 2.45) is 4.99 Å². The lowest BCUT2D eigenvalue weighted by Gasteiger charge is -2.14. The van der Waals surface area contributed by atoms with Crippen LogP contribution >= 0.6 is 11.8 Å². The Bertz CT molecular complexity index is 786. The molecule has 0 fully saturated rings. The molecule has 0 unspecified atom stereocenters. The summed E-state index contributed by atoms with van der Waals surface area (Å²) in [4.78, 5) is 20.1. The van der Waals surface area contributed by atoms with Gasteiger partial charge in [0.2, 0.25) is 0 Å². The molecule has 0 saturated heterocycles. The zero-order chi connectivity index (χ0) is 16.2. The van der Waals surface area contributed by atoms with Crippen molar-refractivity contribution < 1.29 is 13.6 Å². The van der Waals surface area contributed by atoms with Gasteiger partial charge in [-0.25, -0.2) is 8.78 Å². The van der Waals surface area contributed by atoms with Gasteiger partial charge in [-0.2, -0.15) is 0 Å². The van der Waals surface area contributed by atoms with Crippen molar-refractivity contribution in [1.82, 2.24) is 4.98 Å². The molecule has 1 aliphatic heterocycles. The zero-order valence-electron chi connectivity index (χ0n) is 11.8. The SMILES string of the molecule is O=C(Nc1cccnc1)C1=CSC(c2c(F)cccc2F)=NC1. The Balaban J connectivity index is 1.72. The number of hydrogen-bond acceptors (Lipinski definition) is 4. The highest BCUT2D eigenvalue weighted by Gasteiger charge is 2.20. The van der Waals surface area contributed by atoms with E-state index in [4.69, 9.17) is 0 Å².